The zero-order valence-electron chi connectivity index (χ0n) is 14.9. The molecule has 0 aliphatic carbocycles. The summed E-state index contributed by atoms with van der Waals surface area (Å²) in [5.74, 6) is 0.0119. The Morgan fingerprint density at radius 3 is 2.62 bits per heavy atom. The van der Waals surface area contributed by atoms with Gasteiger partial charge in [0, 0.05) is 39.3 Å². The van der Waals surface area contributed by atoms with Gasteiger partial charge in [0.15, 0.2) is 0 Å². The zero-order valence-corrected chi connectivity index (χ0v) is 14.9. The van der Waals surface area contributed by atoms with Crippen molar-refractivity contribution in [3.8, 4) is 0 Å². The van der Waals surface area contributed by atoms with Crippen LogP contribution in [0.5, 0.6) is 0 Å². The number of benzene rings is 1. The highest BCUT2D eigenvalue weighted by Crippen LogP contribution is 2.13. The molecule has 1 aromatic rings. The Labute approximate surface area is 144 Å². The first-order chi connectivity index (χ1) is 11.5. The smallest absolute Gasteiger partial charge is 0.238 e. The molecule has 24 heavy (non-hydrogen) atoms. The van der Waals surface area contributed by atoms with Crippen LogP contribution in [-0.2, 0) is 11.2 Å². The van der Waals surface area contributed by atoms with Crippen LogP contribution in [0.3, 0.4) is 0 Å². The second-order valence-electron chi connectivity index (χ2n) is 6.54. The van der Waals surface area contributed by atoms with E-state index in [1.54, 1.807) is 7.05 Å². The maximum absolute atomic E-state index is 12.2. The number of amides is 1. The fourth-order valence-corrected chi connectivity index (χ4v) is 3.26. The summed E-state index contributed by atoms with van der Waals surface area (Å²) in [6.45, 7) is 2.87. The van der Waals surface area contributed by atoms with E-state index in [4.69, 9.17) is 0 Å². The van der Waals surface area contributed by atoms with Crippen LogP contribution in [0.15, 0.2) is 30.3 Å². The number of likely N-dealkylation sites (N-methyl/N-ethyl adjacent to an activating group) is 3. The van der Waals surface area contributed by atoms with Crippen molar-refractivity contribution in [3.05, 3.63) is 35.9 Å². The highest BCUT2D eigenvalue weighted by Gasteiger charge is 2.33. The lowest BCUT2D eigenvalue weighted by atomic mass is 10.00. The minimum atomic E-state index is -0.536. The van der Waals surface area contributed by atoms with Crippen molar-refractivity contribution in [1.29, 1.82) is 0 Å². The molecule has 0 bridgehead atoms. The first kappa shape index (κ1) is 18.9. The van der Waals surface area contributed by atoms with E-state index in [1.165, 1.54) is 5.56 Å². The maximum atomic E-state index is 12.2. The minimum Gasteiger partial charge on any atom is -0.390 e. The van der Waals surface area contributed by atoms with Gasteiger partial charge in [0.2, 0.25) is 5.91 Å². The van der Waals surface area contributed by atoms with Crippen LogP contribution in [0, 0.1) is 0 Å². The highest BCUT2D eigenvalue weighted by molar-refractivity contribution is 5.81. The molecule has 6 heteroatoms. The van der Waals surface area contributed by atoms with E-state index in [9.17, 15) is 9.90 Å². The number of aliphatic hydroxyl groups excluding tert-OH is 1. The van der Waals surface area contributed by atoms with E-state index in [1.807, 2.05) is 32.3 Å². The van der Waals surface area contributed by atoms with E-state index in [2.05, 4.69) is 32.6 Å². The molecule has 1 aliphatic rings. The first-order valence-electron chi connectivity index (χ1n) is 8.58. The summed E-state index contributed by atoms with van der Waals surface area (Å²) >= 11 is 0. The van der Waals surface area contributed by atoms with Crippen LogP contribution in [0.2, 0.25) is 0 Å². The van der Waals surface area contributed by atoms with Gasteiger partial charge in [0.25, 0.3) is 0 Å². The summed E-state index contributed by atoms with van der Waals surface area (Å²) in [6, 6.07) is 9.90. The van der Waals surface area contributed by atoms with Gasteiger partial charge in [0.1, 0.15) is 6.04 Å². The molecular weight excluding hydrogens is 304 g/mol. The molecule has 3 unspecified atom stereocenters. The Hall–Kier alpha value is -1.47. The minimum absolute atomic E-state index is 0.0119. The molecule has 1 saturated heterocycles. The molecule has 2 rings (SSSR count). The topological polar surface area (TPSA) is 67.8 Å². The molecule has 1 amide bonds. The summed E-state index contributed by atoms with van der Waals surface area (Å²) < 4.78 is 0. The molecule has 1 aromatic carbocycles. The van der Waals surface area contributed by atoms with Crippen LogP contribution >= 0.6 is 0 Å². The number of nitrogens with zero attached hydrogens (tertiary/aromatic N) is 2. The number of rotatable bonds is 7. The Bertz CT molecular complexity index is 511. The van der Waals surface area contributed by atoms with Gasteiger partial charge in [-0.3, -0.25) is 9.69 Å². The molecule has 1 fully saturated rings. The number of nitrogens with one attached hydrogen (secondary N) is 2. The largest absolute Gasteiger partial charge is 0.390 e. The summed E-state index contributed by atoms with van der Waals surface area (Å²) in [7, 11) is 5.56. The number of hydrogen-bond acceptors (Lipinski definition) is 5. The van der Waals surface area contributed by atoms with Crippen LogP contribution < -0.4 is 10.6 Å². The average Bonchev–Trinajstić information content (AvgIpc) is 2.61. The number of piperazine rings is 1. The van der Waals surface area contributed by atoms with E-state index in [0.717, 1.165) is 19.5 Å². The van der Waals surface area contributed by atoms with Gasteiger partial charge >= 0.3 is 0 Å². The molecule has 0 spiro atoms. The Morgan fingerprint density at radius 1 is 1.29 bits per heavy atom. The maximum Gasteiger partial charge on any atom is 0.238 e. The van der Waals surface area contributed by atoms with Crippen molar-refractivity contribution in [2.75, 3.05) is 47.3 Å². The lowest BCUT2D eigenvalue weighted by Gasteiger charge is -2.40. The van der Waals surface area contributed by atoms with Gasteiger partial charge in [-0.25, -0.2) is 0 Å². The average molecular weight is 334 g/mol. The summed E-state index contributed by atoms with van der Waals surface area (Å²) in [6.07, 6.45) is 0.224. The second kappa shape index (κ2) is 9.13. The molecule has 0 radical (unpaired) electrons. The SMILES string of the molecule is CNC(=O)C1CN(C)CCN1CC(O)C(Cc1ccccc1)NC. The van der Waals surface area contributed by atoms with Crippen LogP contribution in [0.1, 0.15) is 5.56 Å². The van der Waals surface area contributed by atoms with Crippen molar-refractivity contribution >= 4 is 5.91 Å². The van der Waals surface area contributed by atoms with Crippen molar-refractivity contribution in [1.82, 2.24) is 20.4 Å². The summed E-state index contributed by atoms with van der Waals surface area (Å²) in [5.41, 5.74) is 1.19. The number of hydrogen-bond donors (Lipinski definition) is 3. The number of aliphatic hydroxyl groups is 1. The Morgan fingerprint density at radius 2 is 2.00 bits per heavy atom. The zero-order chi connectivity index (χ0) is 17.5. The van der Waals surface area contributed by atoms with Crippen molar-refractivity contribution in [3.63, 3.8) is 0 Å². The molecule has 3 N–H and O–H groups in total. The normalized spacial score (nSPS) is 22.1. The van der Waals surface area contributed by atoms with Crippen molar-refractivity contribution in [2.24, 2.45) is 0 Å². The van der Waals surface area contributed by atoms with Gasteiger partial charge < -0.3 is 20.6 Å². The second-order valence-corrected chi connectivity index (χ2v) is 6.54. The van der Waals surface area contributed by atoms with Gasteiger partial charge in [0.05, 0.1) is 6.10 Å². The fraction of sp³-hybridized carbons (Fsp3) is 0.611. The molecule has 6 nitrogen and oxygen atoms in total. The summed E-state index contributed by atoms with van der Waals surface area (Å²) in [4.78, 5) is 16.4. The molecule has 0 aromatic heterocycles. The molecule has 0 saturated carbocycles. The predicted molar refractivity (Wildman–Crippen MR) is 95.9 cm³/mol. The van der Waals surface area contributed by atoms with E-state index in [-0.39, 0.29) is 18.0 Å². The van der Waals surface area contributed by atoms with Crippen LogP contribution in [0.25, 0.3) is 0 Å². The van der Waals surface area contributed by atoms with E-state index < -0.39 is 6.10 Å². The van der Waals surface area contributed by atoms with Gasteiger partial charge in [-0.1, -0.05) is 30.3 Å². The lowest BCUT2D eigenvalue weighted by molar-refractivity contribution is -0.129. The lowest BCUT2D eigenvalue weighted by Crippen LogP contribution is -2.60. The third kappa shape index (κ3) is 5.01. The molecule has 1 aliphatic heterocycles. The standard InChI is InChI=1S/C18H30N4O2/c1-19-15(11-14-7-5-4-6-8-14)17(23)13-22-10-9-21(3)12-16(22)18(24)20-2/h4-8,15-17,19,23H,9-13H2,1-3H3,(H,20,24). The molecular formula is C18H30N4O2. The highest BCUT2D eigenvalue weighted by atomic mass is 16.3. The van der Waals surface area contributed by atoms with Gasteiger partial charge in [-0.15, -0.1) is 0 Å². The molecule has 3 atom stereocenters. The third-order valence-corrected chi connectivity index (χ3v) is 4.80. The number of β-amino-alcohol motifs (C(OH)–C–C–N with tert-alkyl or cyclic N) is 1. The van der Waals surface area contributed by atoms with Crippen molar-refractivity contribution in [2.45, 2.75) is 24.6 Å². The van der Waals surface area contributed by atoms with Crippen molar-refractivity contribution < 1.29 is 9.90 Å². The van der Waals surface area contributed by atoms with Crippen LogP contribution in [0.4, 0.5) is 0 Å². The Balaban J connectivity index is 1.99. The molecule has 134 valence electrons. The quantitative estimate of drug-likeness (QED) is 0.630. The monoisotopic (exact) mass is 334 g/mol. The fourth-order valence-electron chi connectivity index (χ4n) is 3.26. The third-order valence-electron chi connectivity index (χ3n) is 4.80. The van der Waals surface area contributed by atoms with Crippen LogP contribution in [-0.4, -0.2) is 86.3 Å². The summed E-state index contributed by atoms with van der Waals surface area (Å²) in [5, 5.41) is 16.7. The number of carbonyl (C=O) groups excluding carboxylic acids is 1. The van der Waals surface area contributed by atoms with E-state index >= 15 is 0 Å². The van der Waals surface area contributed by atoms with Gasteiger partial charge in [-0.05, 0) is 26.1 Å². The van der Waals surface area contributed by atoms with E-state index in [0.29, 0.717) is 13.1 Å². The molecule has 1 heterocycles. The first-order valence-corrected chi connectivity index (χ1v) is 8.58. The Kier molecular flexibility index (Phi) is 7.17. The van der Waals surface area contributed by atoms with Gasteiger partial charge in [-0.2, -0.15) is 0 Å². The predicted octanol–water partition coefficient (Wildman–Crippen LogP) is -0.460. The number of carbonyl (C=O) groups is 1.